The Morgan fingerprint density at radius 2 is 0.447 bits per heavy atom. The fourth-order valence-corrected chi connectivity index (χ4v) is 14.6. The Labute approximate surface area is 632 Å². The van der Waals surface area contributed by atoms with Gasteiger partial charge < -0.3 is 33.8 Å². The van der Waals surface area contributed by atoms with Crippen molar-refractivity contribution >= 4 is 39.5 Å². The molecule has 0 aromatic heterocycles. The number of phosphoric acid groups is 2. The van der Waals surface area contributed by atoms with Crippen LogP contribution in [0.3, 0.4) is 0 Å². The molecule has 2 unspecified atom stereocenters. The number of ether oxygens (including phenoxy) is 4. The number of carbonyl (C=O) groups is 4. The van der Waals surface area contributed by atoms with E-state index in [9.17, 15) is 43.2 Å². The molecule has 0 rings (SSSR count). The van der Waals surface area contributed by atoms with E-state index in [1.807, 2.05) is 0 Å². The summed E-state index contributed by atoms with van der Waals surface area (Å²) < 4.78 is 68.8. The standard InChI is InChI=1S/C84H164O17P2/c1-8-9-10-11-12-13-14-15-20-24-31-38-46-53-60-67-83(88)101-80(72-95-82(87)66-59-52-45-40-33-36-43-50-57-64-77(6)7)74-99-103(92,93)97-70-78(85)69-96-102(90,91)98-73-79(71-94-81(86)65-58-51-44-37-30-27-26-29-35-42-49-56-63-76(4)5)100-84(89)68-61-54-47-39-32-25-22-19-17-16-18-21-23-28-34-41-48-55-62-75(2)3/h75-80,85H,8-74H2,1-7H3,(H,90,91)(H,92,93)/t78-,79-,80-/m1/s1. The van der Waals surface area contributed by atoms with E-state index in [0.717, 1.165) is 108 Å². The highest BCUT2D eigenvalue weighted by Crippen LogP contribution is 2.45. The molecule has 0 spiro atoms. The minimum Gasteiger partial charge on any atom is -0.462 e. The lowest BCUT2D eigenvalue weighted by molar-refractivity contribution is -0.161. The molecule has 19 heteroatoms. The molecule has 17 nitrogen and oxygen atoms in total. The lowest BCUT2D eigenvalue weighted by atomic mass is 10.0. The fourth-order valence-electron chi connectivity index (χ4n) is 13.0. The van der Waals surface area contributed by atoms with Gasteiger partial charge in [-0.3, -0.25) is 37.3 Å². The molecule has 103 heavy (non-hydrogen) atoms. The quantitative estimate of drug-likeness (QED) is 0.0222. The molecule has 0 saturated carbocycles. The van der Waals surface area contributed by atoms with Gasteiger partial charge in [0.1, 0.15) is 19.3 Å². The van der Waals surface area contributed by atoms with Crippen molar-refractivity contribution in [2.45, 2.75) is 458 Å². The Hall–Kier alpha value is -1.94. The molecule has 0 saturated heterocycles. The maximum atomic E-state index is 13.1. The number of hydrogen-bond donors (Lipinski definition) is 3. The summed E-state index contributed by atoms with van der Waals surface area (Å²) in [6.45, 7) is 12.0. The molecule has 0 aliphatic carbocycles. The maximum absolute atomic E-state index is 13.1. The molecular formula is C84H164O17P2. The van der Waals surface area contributed by atoms with E-state index < -0.39 is 97.5 Å². The van der Waals surface area contributed by atoms with Gasteiger partial charge in [-0.15, -0.1) is 0 Å². The molecule has 612 valence electrons. The van der Waals surface area contributed by atoms with Crippen LogP contribution in [0, 0.1) is 17.8 Å². The predicted octanol–water partition coefficient (Wildman–Crippen LogP) is 25.3. The zero-order valence-electron chi connectivity index (χ0n) is 67.8. The normalized spacial score (nSPS) is 13.9. The third kappa shape index (κ3) is 78.0. The zero-order chi connectivity index (χ0) is 75.8. The Bertz CT molecular complexity index is 1990. The number of phosphoric ester groups is 2. The largest absolute Gasteiger partial charge is 0.472 e. The summed E-state index contributed by atoms with van der Waals surface area (Å²) in [5.41, 5.74) is 0. The van der Waals surface area contributed by atoms with E-state index in [-0.39, 0.29) is 25.7 Å². The highest BCUT2D eigenvalue weighted by molar-refractivity contribution is 7.47. The first kappa shape index (κ1) is 101. The van der Waals surface area contributed by atoms with E-state index in [2.05, 4.69) is 48.5 Å². The molecule has 5 atom stereocenters. The molecule has 0 amide bonds. The van der Waals surface area contributed by atoms with Crippen LogP contribution >= 0.6 is 15.6 Å². The average molecular weight is 1510 g/mol. The molecule has 0 aromatic carbocycles. The van der Waals surface area contributed by atoms with Crippen LogP contribution in [0.5, 0.6) is 0 Å². The first-order valence-electron chi connectivity index (χ1n) is 43.3. The summed E-state index contributed by atoms with van der Waals surface area (Å²) in [7, 11) is -9.93. The van der Waals surface area contributed by atoms with Gasteiger partial charge in [0.15, 0.2) is 12.2 Å². The monoisotopic (exact) mass is 1510 g/mol. The van der Waals surface area contributed by atoms with Crippen LogP contribution in [-0.4, -0.2) is 96.7 Å². The topological polar surface area (TPSA) is 237 Å². The van der Waals surface area contributed by atoms with Gasteiger partial charge >= 0.3 is 39.5 Å². The maximum Gasteiger partial charge on any atom is 0.472 e. The van der Waals surface area contributed by atoms with Gasteiger partial charge in [-0.1, -0.05) is 389 Å². The summed E-state index contributed by atoms with van der Waals surface area (Å²) >= 11 is 0. The van der Waals surface area contributed by atoms with Gasteiger partial charge in [0.05, 0.1) is 26.4 Å². The summed E-state index contributed by atoms with van der Waals surface area (Å²) in [6, 6.07) is 0. The van der Waals surface area contributed by atoms with Crippen molar-refractivity contribution in [1.82, 2.24) is 0 Å². The van der Waals surface area contributed by atoms with Crippen LogP contribution in [0.1, 0.15) is 440 Å². The van der Waals surface area contributed by atoms with Crippen molar-refractivity contribution in [3.63, 3.8) is 0 Å². The predicted molar refractivity (Wildman–Crippen MR) is 423 cm³/mol. The Kier molecular flexibility index (Phi) is 72.8. The highest BCUT2D eigenvalue weighted by atomic mass is 31.2. The third-order valence-electron chi connectivity index (χ3n) is 19.6. The lowest BCUT2D eigenvalue weighted by Gasteiger charge is -2.21. The Morgan fingerprint density at radius 1 is 0.262 bits per heavy atom. The first-order valence-corrected chi connectivity index (χ1v) is 46.3. The molecule has 0 fully saturated rings. The van der Waals surface area contributed by atoms with Crippen molar-refractivity contribution in [2.75, 3.05) is 39.6 Å². The van der Waals surface area contributed by atoms with Crippen molar-refractivity contribution in [2.24, 2.45) is 17.8 Å². The van der Waals surface area contributed by atoms with Gasteiger partial charge in [0.25, 0.3) is 0 Å². The number of rotatable bonds is 82. The van der Waals surface area contributed by atoms with Crippen LogP contribution in [-0.2, 0) is 65.4 Å². The van der Waals surface area contributed by atoms with Crippen molar-refractivity contribution in [3.05, 3.63) is 0 Å². The van der Waals surface area contributed by atoms with E-state index in [0.29, 0.717) is 25.7 Å². The van der Waals surface area contributed by atoms with Gasteiger partial charge in [-0.2, -0.15) is 0 Å². The molecule has 0 aliphatic heterocycles. The molecule has 0 aromatic rings. The van der Waals surface area contributed by atoms with Crippen LogP contribution in [0.2, 0.25) is 0 Å². The molecule has 0 aliphatic rings. The number of aliphatic hydroxyl groups is 1. The fraction of sp³-hybridized carbons (Fsp3) is 0.952. The summed E-state index contributed by atoms with van der Waals surface area (Å²) in [6.07, 6.45) is 63.8. The van der Waals surface area contributed by atoms with Crippen LogP contribution < -0.4 is 0 Å². The minimum atomic E-state index is -4.96. The number of hydrogen-bond acceptors (Lipinski definition) is 15. The number of unbranched alkanes of at least 4 members (excludes halogenated alkanes) is 50. The van der Waals surface area contributed by atoms with Gasteiger partial charge in [0, 0.05) is 25.7 Å². The third-order valence-corrected chi connectivity index (χ3v) is 21.5. The SMILES string of the molecule is CCCCCCCCCCCCCCCCCC(=O)O[C@H](COC(=O)CCCCCCCCCCCC(C)C)COP(=O)(O)OC[C@H](O)COP(=O)(O)OC[C@@H](COC(=O)CCCCCCCCCCCCCCC(C)C)OC(=O)CCCCCCCCCCCCCCCCCCCCC(C)C. The van der Waals surface area contributed by atoms with E-state index in [1.165, 1.54) is 250 Å². The van der Waals surface area contributed by atoms with E-state index >= 15 is 0 Å². The first-order chi connectivity index (χ1) is 49.7. The summed E-state index contributed by atoms with van der Waals surface area (Å²) in [4.78, 5) is 73.2. The lowest BCUT2D eigenvalue weighted by Crippen LogP contribution is -2.30. The van der Waals surface area contributed by atoms with Gasteiger partial charge in [0.2, 0.25) is 0 Å². The summed E-state index contributed by atoms with van der Waals surface area (Å²) in [5, 5.41) is 10.7. The molecular weight excluding hydrogens is 1340 g/mol. The van der Waals surface area contributed by atoms with E-state index in [4.69, 9.17) is 37.0 Å². The molecule has 0 bridgehead atoms. The van der Waals surface area contributed by atoms with Crippen LogP contribution in [0.4, 0.5) is 0 Å². The molecule has 3 N–H and O–H groups in total. The number of esters is 4. The number of aliphatic hydroxyl groups excluding tert-OH is 1. The summed E-state index contributed by atoms with van der Waals surface area (Å²) in [5.74, 6) is 0.240. The minimum absolute atomic E-state index is 0.108. The second-order valence-electron chi connectivity index (χ2n) is 31.6. The molecule has 0 radical (unpaired) electrons. The molecule has 0 heterocycles. The van der Waals surface area contributed by atoms with Crippen molar-refractivity contribution in [3.8, 4) is 0 Å². The Morgan fingerprint density at radius 3 is 0.660 bits per heavy atom. The van der Waals surface area contributed by atoms with Crippen LogP contribution in [0.25, 0.3) is 0 Å². The zero-order valence-corrected chi connectivity index (χ0v) is 69.6. The smallest absolute Gasteiger partial charge is 0.462 e. The highest BCUT2D eigenvalue weighted by Gasteiger charge is 2.30. The van der Waals surface area contributed by atoms with Gasteiger partial charge in [-0.05, 0) is 43.4 Å². The second-order valence-corrected chi connectivity index (χ2v) is 34.6. The average Bonchev–Trinajstić information content (AvgIpc) is 0.906. The van der Waals surface area contributed by atoms with E-state index in [1.54, 1.807) is 0 Å². The van der Waals surface area contributed by atoms with Crippen molar-refractivity contribution in [1.29, 1.82) is 0 Å². The van der Waals surface area contributed by atoms with Crippen LogP contribution in [0.15, 0.2) is 0 Å². The van der Waals surface area contributed by atoms with Crippen molar-refractivity contribution < 1.29 is 80.2 Å². The second kappa shape index (κ2) is 74.2. The number of carbonyl (C=O) groups excluding carboxylic acids is 4. The van der Waals surface area contributed by atoms with Gasteiger partial charge in [-0.25, -0.2) is 9.13 Å². The Balaban J connectivity index is 5.25.